The van der Waals surface area contributed by atoms with E-state index in [9.17, 15) is 19.5 Å². The van der Waals surface area contributed by atoms with Crippen molar-refractivity contribution in [3.8, 4) is 5.75 Å². The molecule has 0 radical (unpaired) electrons. The number of methoxy groups -OCH3 is 1. The normalized spacial score (nSPS) is 14.9. The standard InChI is InChI=1S/C20H25N2O7P/c1-15(27-3)13-28-20(23)16(2)21-30(26,29-19-7-5-4-6-8-19)14-17-9-11-18(12-10-17)22(24)25/h4-12,15-16H,13-14H2,1-3H3,(H,21,26)/t15-,16+,30?/m1/s1. The zero-order valence-corrected chi connectivity index (χ0v) is 17.9. The van der Waals surface area contributed by atoms with Crippen molar-refractivity contribution >= 4 is 19.2 Å². The second-order valence-electron chi connectivity index (χ2n) is 6.69. The molecule has 2 aromatic carbocycles. The van der Waals surface area contributed by atoms with Crippen molar-refractivity contribution < 1.29 is 28.3 Å². The number of hydrogen-bond acceptors (Lipinski definition) is 7. The molecule has 0 spiro atoms. The molecule has 2 rings (SSSR count). The van der Waals surface area contributed by atoms with Gasteiger partial charge in [-0.15, -0.1) is 0 Å². The van der Waals surface area contributed by atoms with Crippen molar-refractivity contribution in [2.24, 2.45) is 0 Å². The van der Waals surface area contributed by atoms with Crippen LogP contribution in [0.5, 0.6) is 5.75 Å². The molecule has 0 heterocycles. The molecule has 0 aliphatic heterocycles. The van der Waals surface area contributed by atoms with Crippen LogP contribution in [0, 0.1) is 10.1 Å². The number of nitro benzene ring substituents is 1. The van der Waals surface area contributed by atoms with Gasteiger partial charge in [-0.2, -0.15) is 0 Å². The van der Waals surface area contributed by atoms with E-state index in [1.807, 2.05) is 0 Å². The lowest BCUT2D eigenvalue weighted by Gasteiger charge is -2.24. The first kappa shape index (κ1) is 23.5. The summed E-state index contributed by atoms with van der Waals surface area (Å²) in [5.74, 6) is -0.233. The smallest absolute Gasteiger partial charge is 0.323 e. The molecule has 0 fully saturated rings. The van der Waals surface area contributed by atoms with Crippen LogP contribution in [0.1, 0.15) is 19.4 Å². The van der Waals surface area contributed by atoms with Gasteiger partial charge in [0.2, 0.25) is 0 Å². The lowest BCUT2D eigenvalue weighted by molar-refractivity contribution is -0.384. The van der Waals surface area contributed by atoms with E-state index in [1.165, 1.54) is 38.3 Å². The summed E-state index contributed by atoms with van der Waals surface area (Å²) < 4.78 is 29.5. The Labute approximate surface area is 175 Å². The maximum atomic E-state index is 13.6. The highest BCUT2D eigenvalue weighted by atomic mass is 31.2. The lowest BCUT2D eigenvalue weighted by Crippen LogP contribution is -2.36. The van der Waals surface area contributed by atoms with Crippen LogP contribution in [0.2, 0.25) is 0 Å². The van der Waals surface area contributed by atoms with Gasteiger partial charge in [-0.05, 0) is 31.5 Å². The Morgan fingerprint density at radius 3 is 2.33 bits per heavy atom. The molecule has 162 valence electrons. The number of esters is 1. The highest BCUT2D eigenvalue weighted by molar-refractivity contribution is 7.56. The molecular weight excluding hydrogens is 411 g/mol. The Kier molecular flexibility index (Phi) is 8.53. The number of para-hydroxylation sites is 1. The molecule has 1 unspecified atom stereocenters. The predicted octanol–water partition coefficient (Wildman–Crippen LogP) is 3.92. The van der Waals surface area contributed by atoms with Crippen molar-refractivity contribution in [3.05, 3.63) is 70.3 Å². The number of ether oxygens (including phenoxy) is 2. The third-order valence-electron chi connectivity index (χ3n) is 4.14. The number of non-ortho nitro benzene ring substituents is 1. The number of benzene rings is 2. The zero-order chi connectivity index (χ0) is 22.1. The maximum absolute atomic E-state index is 13.6. The molecule has 10 heteroatoms. The topological polar surface area (TPSA) is 117 Å². The van der Waals surface area contributed by atoms with Gasteiger partial charge in [-0.25, -0.2) is 5.09 Å². The van der Waals surface area contributed by atoms with Crippen LogP contribution < -0.4 is 9.61 Å². The van der Waals surface area contributed by atoms with Gasteiger partial charge >= 0.3 is 13.5 Å². The van der Waals surface area contributed by atoms with Crippen LogP contribution in [0.3, 0.4) is 0 Å². The molecule has 3 atom stereocenters. The minimum absolute atomic E-state index is 0.0630. The Bertz CT molecular complexity index is 890. The number of nitrogens with one attached hydrogen (secondary N) is 1. The van der Waals surface area contributed by atoms with Gasteiger partial charge in [0.05, 0.1) is 17.2 Å². The third-order valence-corrected chi connectivity index (χ3v) is 6.21. The molecule has 1 N–H and O–H groups in total. The van der Waals surface area contributed by atoms with E-state index in [0.717, 1.165) is 0 Å². The summed E-state index contributed by atoms with van der Waals surface area (Å²) in [5, 5.41) is 13.6. The van der Waals surface area contributed by atoms with Crippen LogP contribution in [-0.2, 0) is 25.0 Å². The van der Waals surface area contributed by atoms with Crippen molar-refractivity contribution in [2.75, 3.05) is 13.7 Å². The van der Waals surface area contributed by atoms with E-state index in [-0.39, 0.29) is 24.6 Å². The van der Waals surface area contributed by atoms with Crippen LogP contribution in [-0.4, -0.2) is 36.8 Å². The molecule has 0 saturated carbocycles. The monoisotopic (exact) mass is 436 g/mol. The second-order valence-corrected chi connectivity index (χ2v) is 8.79. The average molecular weight is 436 g/mol. The Balaban J connectivity index is 2.17. The van der Waals surface area contributed by atoms with Gasteiger partial charge in [0, 0.05) is 19.2 Å². The van der Waals surface area contributed by atoms with Crippen LogP contribution >= 0.6 is 7.52 Å². The van der Waals surface area contributed by atoms with Crippen LogP contribution in [0.25, 0.3) is 0 Å². The fourth-order valence-corrected chi connectivity index (χ4v) is 4.52. The quantitative estimate of drug-likeness (QED) is 0.244. The summed E-state index contributed by atoms with van der Waals surface area (Å²) in [4.78, 5) is 22.6. The Morgan fingerprint density at radius 1 is 1.13 bits per heavy atom. The highest BCUT2D eigenvalue weighted by Gasteiger charge is 2.31. The largest absolute Gasteiger partial charge is 0.462 e. The lowest BCUT2D eigenvalue weighted by atomic mass is 10.2. The van der Waals surface area contributed by atoms with Gasteiger partial charge in [0.15, 0.2) is 0 Å². The highest BCUT2D eigenvalue weighted by Crippen LogP contribution is 2.47. The van der Waals surface area contributed by atoms with Gasteiger partial charge in [-0.3, -0.25) is 19.5 Å². The molecule has 9 nitrogen and oxygen atoms in total. The second kappa shape index (κ2) is 10.9. The molecule has 0 aliphatic rings. The molecule has 0 bridgehead atoms. The first-order valence-electron chi connectivity index (χ1n) is 9.26. The Hall–Kier alpha value is -2.74. The molecule has 0 amide bonds. The minimum Gasteiger partial charge on any atom is -0.462 e. The SMILES string of the molecule is CO[C@H](C)COC(=O)[C@H](C)NP(=O)(Cc1ccc([N+](=O)[O-])cc1)Oc1ccccc1. The number of nitrogens with zero attached hydrogens (tertiary/aromatic N) is 1. The van der Waals surface area contributed by atoms with E-state index in [1.54, 1.807) is 37.3 Å². The first-order chi connectivity index (χ1) is 14.2. The van der Waals surface area contributed by atoms with Crippen LogP contribution in [0.4, 0.5) is 5.69 Å². The van der Waals surface area contributed by atoms with Crippen molar-refractivity contribution in [3.63, 3.8) is 0 Å². The van der Waals surface area contributed by atoms with Crippen LogP contribution in [0.15, 0.2) is 54.6 Å². The minimum atomic E-state index is -3.62. The van der Waals surface area contributed by atoms with E-state index in [2.05, 4.69) is 5.09 Å². The fraction of sp³-hybridized carbons (Fsp3) is 0.350. The van der Waals surface area contributed by atoms with E-state index in [0.29, 0.717) is 11.3 Å². The van der Waals surface area contributed by atoms with Gasteiger partial charge in [-0.1, -0.05) is 30.3 Å². The molecule has 0 aliphatic carbocycles. The van der Waals surface area contributed by atoms with Crippen molar-refractivity contribution in [1.82, 2.24) is 5.09 Å². The summed E-state index contributed by atoms with van der Waals surface area (Å²) >= 11 is 0. The number of carbonyl (C=O) groups excluding carboxylic acids is 1. The van der Waals surface area contributed by atoms with Gasteiger partial charge in [0.1, 0.15) is 18.4 Å². The number of carbonyl (C=O) groups is 1. The van der Waals surface area contributed by atoms with Crippen molar-refractivity contribution in [1.29, 1.82) is 0 Å². The summed E-state index contributed by atoms with van der Waals surface area (Å²) in [5.41, 5.74) is 0.482. The number of nitro groups is 1. The number of hydrogen-bond donors (Lipinski definition) is 1. The predicted molar refractivity (Wildman–Crippen MR) is 112 cm³/mol. The Morgan fingerprint density at radius 2 is 1.77 bits per heavy atom. The third kappa shape index (κ3) is 7.26. The summed E-state index contributed by atoms with van der Waals surface area (Å²) in [7, 11) is -2.11. The molecule has 0 saturated heterocycles. The van der Waals surface area contributed by atoms with Gasteiger partial charge in [0.25, 0.3) is 5.69 Å². The zero-order valence-electron chi connectivity index (χ0n) is 17.0. The summed E-state index contributed by atoms with van der Waals surface area (Å²) in [6.07, 6.45) is -0.347. The molecule has 0 aromatic heterocycles. The van der Waals surface area contributed by atoms with E-state index in [4.69, 9.17) is 14.0 Å². The molecule has 30 heavy (non-hydrogen) atoms. The number of rotatable bonds is 11. The van der Waals surface area contributed by atoms with Crippen molar-refractivity contribution in [2.45, 2.75) is 32.2 Å². The van der Waals surface area contributed by atoms with E-state index < -0.39 is 24.5 Å². The molecule has 2 aromatic rings. The molecular formula is C20H25N2O7P. The van der Waals surface area contributed by atoms with Gasteiger partial charge < -0.3 is 14.0 Å². The van der Waals surface area contributed by atoms with E-state index >= 15 is 0 Å². The summed E-state index contributed by atoms with van der Waals surface area (Å²) in [6.45, 7) is 3.34. The average Bonchev–Trinajstić information content (AvgIpc) is 2.72. The maximum Gasteiger partial charge on any atom is 0.323 e. The fourth-order valence-electron chi connectivity index (χ4n) is 2.46. The first-order valence-corrected chi connectivity index (χ1v) is 11.1. The summed E-state index contributed by atoms with van der Waals surface area (Å²) in [6, 6.07) is 13.3.